The van der Waals surface area contributed by atoms with Crippen molar-refractivity contribution in [1.82, 2.24) is 0 Å². The van der Waals surface area contributed by atoms with Crippen molar-refractivity contribution < 1.29 is 33.4 Å². The summed E-state index contributed by atoms with van der Waals surface area (Å²) in [6.45, 7) is 9.09. The lowest BCUT2D eigenvalue weighted by Gasteiger charge is -2.56. The molecule has 3 atom stereocenters. The topological polar surface area (TPSA) is 96.0 Å². The van der Waals surface area contributed by atoms with Crippen LogP contribution in [0.25, 0.3) is 0 Å². The smallest absolute Gasteiger partial charge is 0.320 e. The van der Waals surface area contributed by atoms with Gasteiger partial charge >= 0.3 is 23.9 Å². The fourth-order valence-corrected chi connectivity index (χ4v) is 7.84. The van der Waals surface area contributed by atoms with E-state index in [-0.39, 0.29) is 37.4 Å². The Morgan fingerprint density at radius 1 is 0.971 bits per heavy atom. The summed E-state index contributed by atoms with van der Waals surface area (Å²) in [5.74, 6) is 0.0294. The molecule has 4 bridgehead atoms. The molecular formula is C27H40O7. The molecule has 0 radical (unpaired) electrons. The number of rotatable bonds is 9. The van der Waals surface area contributed by atoms with Crippen LogP contribution in [0.3, 0.4) is 0 Å². The molecule has 5 rings (SSSR count). The Morgan fingerprint density at radius 3 is 1.97 bits per heavy atom. The van der Waals surface area contributed by atoms with E-state index in [1.54, 1.807) is 20.8 Å². The predicted molar refractivity (Wildman–Crippen MR) is 123 cm³/mol. The van der Waals surface area contributed by atoms with E-state index >= 15 is 0 Å². The summed E-state index contributed by atoms with van der Waals surface area (Å²) in [6, 6.07) is 0. The molecule has 34 heavy (non-hydrogen) atoms. The highest BCUT2D eigenvalue weighted by Crippen LogP contribution is 2.58. The Morgan fingerprint density at radius 2 is 1.53 bits per heavy atom. The number of hydrogen-bond donors (Lipinski definition) is 0. The zero-order chi connectivity index (χ0) is 24.9. The van der Waals surface area contributed by atoms with Gasteiger partial charge in [-0.15, -0.1) is 0 Å². The molecule has 5 aliphatic rings. The van der Waals surface area contributed by atoms with Crippen molar-refractivity contribution >= 4 is 23.9 Å². The maximum atomic E-state index is 13.8. The Labute approximate surface area is 202 Å². The second-order valence-corrected chi connectivity index (χ2v) is 12.5. The molecule has 7 heteroatoms. The molecule has 1 saturated heterocycles. The summed E-state index contributed by atoms with van der Waals surface area (Å²) in [6.07, 6.45) is 7.29. The highest BCUT2D eigenvalue weighted by molar-refractivity contribution is 5.97. The van der Waals surface area contributed by atoms with E-state index in [0.29, 0.717) is 24.2 Å². The van der Waals surface area contributed by atoms with Crippen LogP contribution in [0, 0.1) is 34.0 Å². The normalized spacial score (nSPS) is 37.6. The molecule has 4 saturated carbocycles. The number of carbonyl (C=O) groups excluding carboxylic acids is 4. The van der Waals surface area contributed by atoms with Crippen LogP contribution in [0.4, 0.5) is 0 Å². The van der Waals surface area contributed by atoms with E-state index in [9.17, 15) is 19.2 Å². The van der Waals surface area contributed by atoms with Gasteiger partial charge in [0.1, 0.15) is 5.60 Å². The molecular weight excluding hydrogens is 436 g/mol. The van der Waals surface area contributed by atoms with Crippen molar-refractivity contribution in [3.8, 4) is 0 Å². The van der Waals surface area contributed by atoms with Crippen LogP contribution in [0.2, 0.25) is 0 Å². The molecule has 5 fully saturated rings. The zero-order valence-electron chi connectivity index (χ0n) is 21.4. The van der Waals surface area contributed by atoms with Gasteiger partial charge in [0.15, 0.2) is 0 Å². The van der Waals surface area contributed by atoms with Gasteiger partial charge in [-0.3, -0.25) is 19.2 Å². The molecule has 1 aliphatic heterocycles. The van der Waals surface area contributed by atoms with Gasteiger partial charge in [-0.1, -0.05) is 6.92 Å². The Hall–Kier alpha value is -1.92. The summed E-state index contributed by atoms with van der Waals surface area (Å²) >= 11 is 0. The van der Waals surface area contributed by atoms with Crippen molar-refractivity contribution in [2.75, 3.05) is 6.61 Å². The summed E-state index contributed by atoms with van der Waals surface area (Å²) in [4.78, 5) is 51.2. The maximum absolute atomic E-state index is 13.8. The minimum absolute atomic E-state index is 0.0731. The molecule has 0 aromatic heterocycles. The Kier molecular flexibility index (Phi) is 6.39. The molecule has 0 N–H and O–H groups in total. The minimum Gasteiger partial charge on any atom is -0.466 e. The van der Waals surface area contributed by atoms with E-state index in [2.05, 4.69) is 0 Å². The van der Waals surface area contributed by atoms with Crippen molar-refractivity contribution in [3.05, 3.63) is 0 Å². The third kappa shape index (κ3) is 4.51. The van der Waals surface area contributed by atoms with Crippen molar-refractivity contribution in [3.63, 3.8) is 0 Å². The van der Waals surface area contributed by atoms with Crippen LogP contribution in [0.15, 0.2) is 0 Å². The van der Waals surface area contributed by atoms with Crippen LogP contribution in [-0.2, 0) is 33.4 Å². The Bertz CT molecular complexity index is 843. The molecule has 0 aromatic carbocycles. The minimum atomic E-state index is -1.15. The van der Waals surface area contributed by atoms with Crippen LogP contribution in [-0.4, -0.2) is 36.1 Å². The van der Waals surface area contributed by atoms with Gasteiger partial charge in [-0.25, -0.2) is 0 Å². The SMILES string of the molecule is CCOC(=O)C(C)(CC1(C)CC(=O)OC1=O)CC(C)(CC)C(=O)OC12CC3CC(CC(C3)C1)C2. The number of ether oxygens (including phenoxy) is 3. The summed E-state index contributed by atoms with van der Waals surface area (Å²) in [5.41, 5.74) is -3.57. The van der Waals surface area contributed by atoms with Gasteiger partial charge in [0.2, 0.25) is 0 Å². The summed E-state index contributed by atoms with van der Waals surface area (Å²) in [7, 11) is 0. The Balaban J connectivity index is 1.56. The molecule has 1 heterocycles. The van der Waals surface area contributed by atoms with Crippen LogP contribution in [0.5, 0.6) is 0 Å². The molecule has 0 amide bonds. The van der Waals surface area contributed by atoms with Gasteiger partial charge < -0.3 is 14.2 Å². The first kappa shape index (κ1) is 25.2. The third-order valence-electron chi connectivity index (χ3n) is 9.13. The molecule has 0 aromatic rings. The lowest BCUT2D eigenvalue weighted by molar-refractivity contribution is -0.199. The van der Waals surface area contributed by atoms with Gasteiger partial charge in [-0.2, -0.15) is 0 Å². The fourth-order valence-electron chi connectivity index (χ4n) is 7.84. The average molecular weight is 477 g/mol. The molecule has 4 aliphatic carbocycles. The molecule has 190 valence electrons. The van der Waals surface area contributed by atoms with Crippen LogP contribution in [0.1, 0.15) is 98.8 Å². The second kappa shape index (κ2) is 8.63. The van der Waals surface area contributed by atoms with E-state index in [1.807, 2.05) is 13.8 Å². The predicted octanol–water partition coefficient (Wildman–Crippen LogP) is 4.74. The number of carbonyl (C=O) groups is 4. The molecule has 3 unspecified atom stereocenters. The highest BCUT2D eigenvalue weighted by Gasteiger charge is 2.57. The zero-order valence-corrected chi connectivity index (χ0v) is 21.4. The van der Waals surface area contributed by atoms with Gasteiger partial charge in [0.05, 0.1) is 29.3 Å². The van der Waals surface area contributed by atoms with Gasteiger partial charge in [0, 0.05) is 0 Å². The van der Waals surface area contributed by atoms with Gasteiger partial charge in [-0.05, 0) is 103 Å². The molecule has 0 spiro atoms. The van der Waals surface area contributed by atoms with E-state index in [1.165, 1.54) is 19.3 Å². The van der Waals surface area contributed by atoms with E-state index in [0.717, 1.165) is 19.3 Å². The van der Waals surface area contributed by atoms with Gasteiger partial charge in [0.25, 0.3) is 0 Å². The second-order valence-electron chi connectivity index (χ2n) is 12.5. The van der Waals surface area contributed by atoms with Crippen LogP contribution < -0.4 is 0 Å². The third-order valence-corrected chi connectivity index (χ3v) is 9.13. The first-order valence-electron chi connectivity index (χ1n) is 13.0. The average Bonchev–Trinajstić information content (AvgIpc) is 2.97. The number of cyclic esters (lactones) is 2. The monoisotopic (exact) mass is 476 g/mol. The van der Waals surface area contributed by atoms with Crippen molar-refractivity contribution in [2.24, 2.45) is 34.0 Å². The van der Waals surface area contributed by atoms with Crippen molar-refractivity contribution in [1.29, 1.82) is 0 Å². The standard InChI is InChI=1S/C27H40O7/c1-6-24(3,23(31)34-27-11-17-8-18(12-27)10-19(9-17)13-27)15-26(5,21(29)32-7-2)16-25(4)14-20(28)33-22(25)30/h17-19H,6-16H2,1-5H3. The number of hydrogen-bond acceptors (Lipinski definition) is 7. The van der Waals surface area contributed by atoms with Crippen LogP contribution >= 0.6 is 0 Å². The summed E-state index contributed by atoms with van der Waals surface area (Å²) < 4.78 is 16.6. The fraction of sp³-hybridized carbons (Fsp3) is 0.852. The molecule has 7 nitrogen and oxygen atoms in total. The first-order chi connectivity index (χ1) is 15.8. The maximum Gasteiger partial charge on any atom is 0.320 e. The van der Waals surface area contributed by atoms with E-state index < -0.39 is 34.2 Å². The van der Waals surface area contributed by atoms with Crippen molar-refractivity contribution in [2.45, 2.75) is 104 Å². The number of esters is 4. The highest BCUT2D eigenvalue weighted by atomic mass is 16.6. The summed E-state index contributed by atoms with van der Waals surface area (Å²) in [5, 5.41) is 0. The largest absolute Gasteiger partial charge is 0.466 e. The van der Waals surface area contributed by atoms with E-state index in [4.69, 9.17) is 14.2 Å². The first-order valence-corrected chi connectivity index (χ1v) is 13.0. The quantitative estimate of drug-likeness (QED) is 0.269. The lowest BCUT2D eigenvalue weighted by atomic mass is 9.54. The lowest BCUT2D eigenvalue weighted by Crippen LogP contribution is -2.54.